The second-order valence-corrected chi connectivity index (χ2v) is 0.529. The molecule has 0 aliphatic rings. The molecule has 0 aromatic rings. The Kier molecular flexibility index (Phi) is 12.8. The van der Waals surface area contributed by atoms with E-state index in [4.69, 9.17) is 10.4 Å². The predicted octanol–water partition coefficient (Wildman–Crippen LogP) is -0.0961. The fourth-order valence-corrected chi connectivity index (χ4v) is 0.0596. The van der Waals surface area contributed by atoms with E-state index < -0.39 is 0 Å². The first-order valence-electron chi connectivity index (χ1n) is 1.25. The predicted molar refractivity (Wildman–Crippen MR) is 20.6 cm³/mol. The van der Waals surface area contributed by atoms with Crippen molar-refractivity contribution in [2.24, 2.45) is 10.3 Å². The third kappa shape index (κ3) is 10.7. The van der Waals surface area contributed by atoms with E-state index in [9.17, 15) is 0 Å². The van der Waals surface area contributed by atoms with Crippen molar-refractivity contribution in [3.63, 3.8) is 0 Å². The summed E-state index contributed by atoms with van der Waals surface area (Å²) in [5.41, 5.74) is 0. The van der Waals surface area contributed by atoms with Crippen LogP contribution in [0, 0.1) is 0 Å². The molecule has 0 aliphatic carbocycles. The smallest absolute Gasteiger partial charge is 0.0877 e. The first-order chi connectivity index (χ1) is 2.91. The zero-order chi connectivity index (χ0) is 4.83. The van der Waals surface area contributed by atoms with Gasteiger partial charge in [-0.1, -0.05) is 10.3 Å². The molecule has 0 saturated carbocycles. The monoisotopic (exact) mass is 194 g/mol. The molecule has 4 nitrogen and oxygen atoms in total. The van der Waals surface area contributed by atoms with E-state index in [0.29, 0.717) is 0 Å². The van der Waals surface area contributed by atoms with Crippen molar-refractivity contribution in [2.75, 3.05) is 0 Å². The molecule has 0 bridgehead atoms. The van der Waals surface area contributed by atoms with E-state index in [-0.39, 0.29) is 20.4 Å². The fraction of sp³-hybridized carbons (Fsp3) is 0. The molecule has 0 radical (unpaired) electrons. The Bertz CT molecular complexity index is 62.1. The molecule has 7 heavy (non-hydrogen) atoms. The maximum atomic E-state index is 7.56. The van der Waals surface area contributed by atoms with E-state index >= 15 is 0 Å². The van der Waals surface area contributed by atoms with Gasteiger partial charge in [-0.3, -0.25) is 0 Å². The van der Waals surface area contributed by atoms with Crippen LogP contribution in [0.4, 0.5) is 0 Å². The van der Waals surface area contributed by atoms with Crippen LogP contribution in [0.3, 0.4) is 0 Å². The fourth-order valence-electron chi connectivity index (χ4n) is 0.0596. The van der Waals surface area contributed by atoms with E-state index in [1.807, 2.05) is 0 Å². The summed E-state index contributed by atoms with van der Waals surface area (Å²) in [4.78, 5) is 0. The molecule has 0 aromatic heterocycles. The third-order valence-electron chi connectivity index (χ3n) is 0.200. The number of rotatable bonds is 1. The van der Waals surface area contributed by atoms with Crippen LogP contribution in [0.5, 0.6) is 0 Å². The number of hydrogen-bond donors (Lipinski definition) is 2. The minimum absolute atomic E-state index is 0. The van der Waals surface area contributed by atoms with Crippen molar-refractivity contribution in [1.29, 1.82) is 0 Å². The second-order valence-electron chi connectivity index (χ2n) is 0.529. The first kappa shape index (κ1) is 9.78. The molecule has 5 heteroatoms. The summed E-state index contributed by atoms with van der Waals surface area (Å²) in [6.45, 7) is 0. The van der Waals surface area contributed by atoms with Crippen LogP contribution in [0.2, 0.25) is 0 Å². The van der Waals surface area contributed by atoms with Gasteiger partial charge in [0, 0.05) is 20.4 Å². The number of oxime groups is 2. The van der Waals surface area contributed by atoms with Crippen molar-refractivity contribution in [1.82, 2.24) is 0 Å². The first-order valence-corrected chi connectivity index (χ1v) is 1.25. The van der Waals surface area contributed by atoms with Gasteiger partial charge in [0.15, 0.2) is 0 Å². The summed E-state index contributed by atoms with van der Waals surface area (Å²) in [7, 11) is 0. The van der Waals surface area contributed by atoms with Crippen molar-refractivity contribution < 1.29 is 30.8 Å². The van der Waals surface area contributed by atoms with Crippen molar-refractivity contribution in [3.8, 4) is 0 Å². The minimum Gasteiger partial charge on any atom is -0.411 e. The average Bonchev–Trinajstić information content (AvgIpc) is 1.61. The topological polar surface area (TPSA) is 65.2 Å². The van der Waals surface area contributed by atoms with Crippen LogP contribution in [-0.4, -0.2) is 22.8 Å². The average molecular weight is 194 g/mol. The van der Waals surface area contributed by atoms with Crippen LogP contribution in [0.15, 0.2) is 10.3 Å². The molecule has 0 spiro atoms. The van der Waals surface area contributed by atoms with E-state index in [0.717, 1.165) is 12.4 Å². The third-order valence-corrected chi connectivity index (χ3v) is 0.200. The van der Waals surface area contributed by atoms with Gasteiger partial charge in [-0.25, -0.2) is 0 Å². The second kappa shape index (κ2) is 9.14. The molecule has 0 amide bonds. The van der Waals surface area contributed by atoms with E-state index in [1.54, 1.807) is 0 Å². The van der Waals surface area contributed by atoms with Crippen molar-refractivity contribution in [2.45, 2.75) is 0 Å². The Morgan fingerprint density at radius 2 is 1.29 bits per heavy atom. The molecule has 0 rings (SSSR count). The summed E-state index contributed by atoms with van der Waals surface area (Å²) >= 11 is 0. The Hall–Kier alpha value is -0.398. The Morgan fingerprint density at radius 3 is 1.43 bits per heavy atom. The zero-order valence-electron chi connectivity index (χ0n) is 3.26. The Morgan fingerprint density at radius 1 is 1.00 bits per heavy atom. The summed E-state index contributed by atoms with van der Waals surface area (Å²) in [6.07, 6.45) is 1.89. The molecular formula is C2H4N2O2Pd. The van der Waals surface area contributed by atoms with Crippen LogP contribution in [0.25, 0.3) is 0 Å². The summed E-state index contributed by atoms with van der Waals surface area (Å²) < 4.78 is 0. The van der Waals surface area contributed by atoms with Gasteiger partial charge in [0.25, 0.3) is 0 Å². The quantitative estimate of drug-likeness (QED) is 0.265. The van der Waals surface area contributed by atoms with Crippen molar-refractivity contribution in [3.05, 3.63) is 0 Å². The van der Waals surface area contributed by atoms with Crippen molar-refractivity contribution >= 4 is 12.4 Å². The molecule has 0 atom stereocenters. The normalized spacial score (nSPS) is 9.71. The Labute approximate surface area is 54.2 Å². The molecule has 2 N–H and O–H groups in total. The van der Waals surface area contributed by atoms with Gasteiger partial charge in [-0.2, -0.15) is 0 Å². The summed E-state index contributed by atoms with van der Waals surface area (Å²) in [5, 5.41) is 20.1. The molecule has 0 aliphatic heterocycles. The zero-order valence-corrected chi connectivity index (χ0v) is 4.81. The van der Waals surface area contributed by atoms with Crippen LogP contribution >= 0.6 is 0 Å². The molecule has 0 fully saturated rings. The molecule has 0 heterocycles. The SMILES string of the molecule is O/N=C/C=N/O.[Pd]. The molecule has 0 aromatic carbocycles. The summed E-state index contributed by atoms with van der Waals surface area (Å²) in [5.74, 6) is 0. The van der Waals surface area contributed by atoms with E-state index in [1.165, 1.54) is 0 Å². The largest absolute Gasteiger partial charge is 0.411 e. The maximum absolute atomic E-state index is 7.56. The van der Waals surface area contributed by atoms with E-state index in [2.05, 4.69) is 10.3 Å². The number of nitrogens with zero attached hydrogens (tertiary/aromatic N) is 2. The maximum Gasteiger partial charge on any atom is 0.0877 e. The minimum atomic E-state index is 0. The van der Waals surface area contributed by atoms with Gasteiger partial charge in [0.05, 0.1) is 12.4 Å². The van der Waals surface area contributed by atoms with Crippen LogP contribution < -0.4 is 0 Å². The van der Waals surface area contributed by atoms with Crippen LogP contribution in [0.1, 0.15) is 0 Å². The van der Waals surface area contributed by atoms with Gasteiger partial charge >= 0.3 is 0 Å². The molecule has 0 saturated heterocycles. The van der Waals surface area contributed by atoms with Gasteiger partial charge < -0.3 is 10.4 Å². The standard InChI is InChI=1S/C2H4N2O2.Pd/c5-3-1-2-4-6;/h1-2,5-6H;/b3-1+,4-2+;. The molecule has 0 unspecified atom stereocenters. The number of hydrogen-bond acceptors (Lipinski definition) is 4. The molecular weight excluding hydrogens is 190 g/mol. The molecule has 44 valence electrons. The Balaban J connectivity index is 0. The van der Waals surface area contributed by atoms with Gasteiger partial charge in [0.2, 0.25) is 0 Å². The van der Waals surface area contributed by atoms with Crippen LogP contribution in [-0.2, 0) is 20.4 Å². The summed E-state index contributed by atoms with van der Waals surface area (Å²) in [6, 6.07) is 0. The van der Waals surface area contributed by atoms with Gasteiger partial charge in [-0.15, -0.1) is 0 Å². The van der Waals surface area contributed by atoms with Gasteiger partial charge in [0.1, 0.15) is 0 Å². The van der Waals surface area contributed by atoms with Gasteiger partial charge in [-0.05, 0) is 0 Å².